The van der Waals surface area contributed by atoms with Crippen LogP contribution in [0.2, 0.25) is 0 Å². The monoisotopic (exact) mass is 388 g/mol. The SMILES string of the molecule is CCCCCCCC(CCCCCC)OC(=O)NC(=O)SCCN(C)C. The van der Waals surface area contributed by atoms with Crippen LogP contribution in [0.15, 0.2) is 0 Å². The van der Waals surface area contributed by atoms with Gasteiger partial charge in [0.25, 0.3) is 5.24 Å². The van der Waals surface area contributed by atoms with Crippen molar-refractivity contribution in [1.82, 2.24) is 10.2 Å². The summed E-state index contributed by atoms with van der Waals surface area (Å²) in [6, 6.07) is 0. The summed E-state index contributed by atoms with van der Waals surface area (Å²) in [5.41, 5.74) is 0. The van der Waals surface area contributed by atoms with Crippen LogP contribution in [0.25, 0.3) is 0 Å². The van der Waals surface area contributed by atoms with Crippen molar-refractivity contribution in [2.45, 2.75) is 90.6 Å². The van der Waals surface area contributed by atoms with Crippen LogP contribution in [-0.2, 0) is 4.74 Å². The molecule has 0 heterocycles. The highest BCUT2D eigenvalue weighted by molar-refractivity contribution is 8.13. The summed E-state index contributed by atoms with van der Waals surface area (Å²) in [7, 11) is 3.91. The van der Waals surface area contributed by atoms with Crippen molar-refractivity contribution >= 4 is 23.1 Å². The first-order chi connectivity index (χ1) is 12.5. The molecule has 0 aliphatic heterocycles. The van der Waals surface area contributed by atoms with Crippen molar-refractivity contribution in [2.75, 3.05) is 26.4 Å². The molecule has 0 fully saturated rings. The summed E-state index contributed by atoms with van der Waals surface area (Å²) < 4.78 is 5.54. The standard InChI is InChI=1S/C20H40N2O3S/c1-5-7-9-11-13-15-18(14-12-10-8-6-2)25-19(23)21-20(24)26-17-16-22(3)4/h18H,5-17H2,1-4H3,(H,21,23,24). The van der Waals surface area contributed by atoms with Gasteiger partial charge in [-0.2, -0.15) is 0 Å². The lowest BCUT2D eigenvalue weighted by Crippen LogP contribution is -2.32. The van der Waals surface area contributed by atoms with Gasteiger partial charge in [0.15, 0.2) is 0 Å². The first-order valence-corrected chi connectivity index (χ1v) is 11.3. The van der Waals surface area contributed by atoms with Gasteiger partial charge >= 0.3 is 6.09 Å². The smallest absolute Gasteiger partial charge is 0.414 e. The summed E-state index contributed by atoms with van der Waals surface area (Å²) >= 11 is 1.12. The van der Waals surface area contributed by atoms with E-state index in [1.807, 2.05) is 19.0 Å². The summed E-state index contributed by atoms with van der Waals surface area (Å²) in [5.74, 6) is 0.657. The highest BCUT2D eigenvalue weighted by atomic mass is 32.2. The summed E-state index contributed by atoms with van der Waals surface area (Å²) in [4.78, 5) is 25.8. The van der Waals surface area contributed by atoms with Crippen LogP contribution >= 0.6 is 11.8 Å². The fourth-order valence-corrected chi connectivity index (χ4v) is 3.46. The van der Waals surface area contributed by atoms with Crippen molar-refractivity contribution in [3.63, 3.8) is 0 Å². The number of carbonyl (C=O) groups excluding carboxylic acids is 2. The van der Waals surface area contributed by atoms with Gasteiger partial charge < -0.3 is 9.64 Å². The molecule has 6 heteroatoms. The molecule has 0 spiro atoms. The molecule has 5 nitrogen and oxygen atoms in total. The van der Waals surface area contributed by atoms with Crippen LogP contribution in [-0.4, -0.2) is 48.7 Å². The molecule has 2 amide bonds. The Bertz CT molecular complexity index is 365. The number of thioether (sulfide) groups is 1. The number of hydrogen-bond donors (Lipinski definition) is 1. The van der Waals surface area contributed by atoms with Crippen LogP contribution < -0.4 is 5.32 Å². The Morgan fingerprint density at radius 2 is 1.46 bits per heavy atom. The Hall–Kier alpha value is -0.750. The Morgan fingerprint density at radius 1 is 0.923 bits per heavy atom. The van der Waals surface area contributed by atoms with Gasteiger partial charge in [-0.15, -0.1) is 0 Å². The predicted octanol–water partition coefficient (Wildman–Crippen LogP) is 5.83. The van der Waals surface area contributed by atoms with Crippen LogP contribution in [0.4, 0.5) is 9.59 Å². The van der Waals surface area contributed by atoms with Gasteiger partial charge in [0, 0.05) is 12.3 Å². The van der Waals surface area contributed by atoms with Crippen molar-refractivity contribution in [1.29, 1.82) is 0 Å². The highest BCUT2D eigenvalue weighted by Gasteiger charge is 2.16. The quantitative estimate of drug-likeness (QED) is 0.358. The molecule has 0 saturated carbocycles. The number of nitrogens with zero attached hydrogens (tertiary/aromatic N) is 1. The van der Waals surface area contributed by atoms with E-state index in [4.69, 9.17) is 4.74 Å². The number of rotatable bonds is 15. The first kappa shape index (κ1) is 25.2. The fourth-order valence-electron chi connectivity index (χ4n) is 2.66. The number of unbranched alkanes of at least 4 members (excludes halogenated alkanes) is 7. The van der Waals surface area contributed by atoms with E-state index >= 15 is 0 Å². The highest BCUT2D eigenvalue weighted by Crippen LogP contribution is 2.16. The first-order valence-electron chi connectivity index (χ1n) is 10.3. The normalized spacial score (nSPS) is 12.2. The Kier molecular flexibility index (Phi) is 17.1. The number of amides is 2. The van der Waals surface area contributed by atoms with Crippen molar-refractivity contribution < 1.29 is 14.3 Å². The number of alkyl carbamates (subject to hydrolysis) is 1. The molecule has 0 aliphatic carbocycles. The molecule has 0 saturated heterocycles. The van der Waals surface area contributed by atoms with E-state index in [9.17, 15) is 9.59 Å². The van der Waals surface area contributed by atoms with Gasteiger partial charge in [0.05, 0.1) is 0 Å². The van der Waals surface area contributed by atoms with Crippen LogP contribution in [0.3, 0.4) is 0 Å². The van der Waals surface area contributed by atoms with Crippen molar-refractivity contribution in [3.05, 3.63) is 0 Å². The molecule has 0 aromatic heterocycles. The second-order valence-electron chi connectivity index (χ2n) is 7.14. The topological polar surface area (TPSA) is 58.6 Å². The molecular weight excluding hydrogens is 348 g/mol. The van der Waals surface area contributed by atoms with Crippen molar-refractivity contribution in [3.8, 4) is 0 Å². The van der Waals surface area contributed by atoms with Gasteiger partial charge in [-0.1, -0.05) is 70.6 Å². The van der Waals surface area contributed by atoms with Gasteiger partial charge in [0.1, 0.15) is 6.10 Å². The number of hydrogen-bond acceptors (Lipinski definition) is 5. The molecule has 154 valence electrons. The maximum atomic E-state index is 12.0. The summed E-state index contributed by atoms with van der Waals surface area (Å²) in [6.07, 6.45) is 11.8. The zero-order chi connectivity index (χ0) is 19.6. The lowest BCUT2D eigenvalue weighted by atomic mass is 10.0. The molecule has 1 atom stereocenters. The molecule has 0 rings (SSSR count). The van der Waals surface area contributed by atoms with E-state index in [0.29, 0.717) is 5.75 Å². The average molecular weight is 389 g/mol. The second kappa shape index (κ2) is 17.7. The summed E-state index contributed by atoms with van der Waals surface area (Å²) in [6.45, 7) is 5.19. The number of imide groups is 1. The van der Waals surface area contributed by atoms with Crippen LogP contribution in [0, 0.1) is 0 Å². The predicted molar refractivity (Wildman–Crippen MR) is 112 cm³/mol. The van der Waals surface area contributed by atoms with Crippen LogP contribution in [0.5, 0.6) is 0 Å². The molecule has 0 bridgehead atoms. The minimum Gasteiger partial charge on any atom is -0.446 e. The van der Waals surface area contributed by atoms with Gasteiger partial charge in [-0.3, -0.25) is 10.1 Å². The molecule has 0 aliphatic rings. The maximum Gasteiger partial charge on any atom is 0.414 e. The van der Waals surface area contributed by atoms with E-state index in [0.717, 1.165) is 44.0 Å². The zero-order valence-corrected chi connectivity index (χ0v) is 18.2. The largest absolute Gasteiger partial charge is 0.446 e. The van der Waals surface area contributed by atoms with Gasteiger partial charge in [0.2, 0.25) is 0 Å². The Labute approximate surface area is 165 Å². The van der Waals surface area contributed by atoms with Gasteiger partial charge in [-0.25, -0.2) is 4.79 Å². The molecule has 1 N–H and O–H groups in total. The summed E-state index contributed by atoms with van der Waals surface area (Å²) in [5, 5.41) is 2.01. The molecule has 0 radical (unpaired) electrons. The van der Waals surface area contributed by atoms with Crippen molar-refractivity contribution in [2.24, 2.45) is 0 Å². The maximum absolute atomic E-state index is 12.0. The molecule has 26 heavy (non-hydrogen) atoms. The Morgan fingerprint density at radius 3 is 2.00 bits per heavy atom. The van der Waals surface area contributed by atoms with E-state index in [1.54, 1.807) is 0 Å². The van der Waals surface area contributed by atoms with Gasteiger partial charge in [-0.05, 0) is 39.8 Å². The lowest BCUT2D eigenvalue weighted by Gasteiger charge is -2.18. The molecule has 1 unspecified atom stereocenters. The minimum atomic E-state index is -0.596. The average Bonchev–Trinajstić information content (AvgIpc) is 2.57. The number of ether oxygens (including phenoxy) is 1. The van der Waals surface area contributed by atoms with E-state index < -0.39 is 6.09 Å². The third kappa shape index (κ3) is 16.7. The molecule has 0 aromatic carbocycles. The van der Waals surface area contributed by atoms with E-state index in [2.05, 4.69) is 19.2 Å². The fraction of sp³-hybridized carbons (Fsp3) is 0.900. The molecular formula is C20H40N2O3S. The second-order valence-corrected chi connectivity index (χ2v) is 8.21. The zero-order valence-electron chi connectivity index (χ0n) is 17.3. The Balaban J connectivity index is 4.16. The van der Waals surface area contributed by atoms with Crippen LogP contribution in [0.1, 0.15) is 84.5 Å². The third-order valence-corrected chi connectivity index (χ3v) is 5.01. The molecule has 0 aromatic rings. The number of nitrogens with one attached hydrogen (secondary N) is 1. The van der Waals surface area contributed by atoms with E-state index in [-0.39, 0.29) is 11.3 Å². The third-order valence-electron chi connectivity index (χ3n) is 4.26. The van der Waals surface area contributed by atoms with E-state index in [1.165, 1.54) is 44.9 Å². The lowest BCUT2D eigenvalue weighted by molar-refractivity contribution is 0.0869. The number of carbonyl (C=O) groups is 2. The minimum absolute atomic E-state index is 0.0759.